The standard InChI is InChI=1S/C24H24N2O4S/c1-15-9-7-8-12-18(15)21(27)26-23-19(24(29)30-3)16(2)20(31-23)22(28)25-14-13-17-10-5-4-6-11-17/h4-12H,13-14H2,1-3H3,(H,25,28)(H,26,27). The number of carbonyl (C=O) groups is 3. The molecular formula is C24H24N2O4S. The first-order chi connectivity index (χ1) is 14.9. The molecule has 0 aliphatic carbocycles. The average Bonchev–Trinajstić information content (AvgIpc) is 3.09. The first kappa shape index (κ1) is 22.2. The first-order valence-electron chi connectivity index (χ1n) is 9.83. The van der Waals surface area contributed by atoms with Crippen molar-refractivity contribution in [1.82, 2.24) is 5.32 Å². The molecule has 0 unspecified atom stereocenters. The van der Waals surface area contributed by atoms with E-state index in [1.165, 1.54) is 7.11 Å². The summed E-state index contributed by atoms with van der Waals surface area (Å²) in [6.07, 6.45) is 0.692. The lowest BCUT2D eigenvalue weighted by Gasteiger charge is -2.08. The van der Waals surface area contributed by atoms with Crippen LogP contribution in [0, 0.1) is 13.8 Å². The van der Waals surface area contributed by atoms with Gasteiger partial charge in [-0.3, -0.25) is 9.59 Å². The van der Waals surface area contributed by atoms with Gasteiger partial charge in [0.15, 0.2) is 0 Å². The van der Waals surface area contributed by atoms with Gasteiger partial charge in [0, 0.05) is 12.1 Å². The molecule has 2 N–H and O–H groups in total. The van der Waals surface area contributed by atoms with Crippen LogP contribution in [-0.2, 0) is 11.2 Å². The van der Waals surface area contributed by atoms with Crippen LogP contribution in [0.1, 0.15) is 47.1 Å². The molecule has 2 aromatic carbocycles. The molecule has 0 radical (unpaired) electrons. The minimum Gasteiger partial charge on any atom is -0.465 e. The number of rotatable bonds is 7. The molecule has 6 nitrogen and oxygen atoms in total. The number of esters is 1. The summed E-state index contributed by atoms with van der Waals surface area (Å²) in [6, 6.07) is 17.0. The average molecular weight is 437 g/mol. The Balaban J connectivity index is 1.80. The highest BCUT2D eigenvalue weighted by atomic mass is 32.1. The summed E-state index contributed by atoms with van der Waals surface area (Å²) < 4.78 is 4.89. The summed E-state index contributed by atoms with van der Waals surface area (Å²) in [5.74, 6) is -1.24. The highest BCUT2D eigenvalue weighted by Gasteiger charge is 2.26. The van der Waals surface area contributed by atoms with Gasteiger partial charge in [-0.1, -0.05) is 48.5 Å². The first-order valence-corrected chi connectivity index (χ1v) is 10.6. The maximum absolute atomic E-state index is 12.8. The summed E-state index contributed by atoms with van der Waals surface area (Å²) in [6.45, 7) is 3.97. The van der Waals surface area contributed by atoms with Crippen LogP contribution in [0.5, 0.6) is 0 Å². The second kappa shape index (κ2) is 10.0. The Morgan fingerprint density at radius 1 is 0.935 bits per heavy atom. The van der Waals surface area contributed by atoms with Crippen molar-refractivity contribution in [2.75, 3.05) is 19.0 Å². The van der Waals surface area contributed by atoms with E-state index < -0.39 is 5.97 Å². The monoisotopic (exact) mass is 436 g/mol. The molecule has 31 heavy (non-hydrogen) atoms. The van der Waals surface area contributed by atoms with Crippen LogP contribution in [0.15, 0.2) is 54.6 Å². The van der Waals surface area contributed by atoms with Gasteiger partial charge in [0.05, 0.1) is 17.6 Å². The Hall–Kier alpha value is -3.45. The second-order valence-electron chi connectivity index (χ2n) is 7.01. The Morgan fingerprint density at radius 2 is 1.61 bits per heavy atom. The fourth-order valence-corrected chi connectivity index (χ4v) is 4.32. The van der Waals surface area contributed by atoms with E-state index in [1.807, 2.05) is 49.4 Å². The van der Waals surface area contributed by atoms with Gasteiger partial charge in [-0.15, -0.1) is 11.3 Å². The van der Waals surface area contributed by atoms with Gasteiger partial charge in [-0.25, -0.2) is 4.79 Å². The minimum atomic E-state index is -0.600. The molecule has 3 aromatic rings. The molecule has 0 saturated carbocycles. The molecule has 160 valence electrons. The van der Waals surface area contributed by atoms with Crippen molar-refractivity contribution in [2.24, 2.45) is 0 Å². The fraction of sp³-hybridized carbons (Fsp3) is 0.208. The third kappa shape index (κ3) is 5.19. The van der Waals surface area contributed by atoms with Crippen LogP contribution in [-0.4, -0.2) is 31.4 Å². The number of thiophene rings is 1. The van der Waals surface area contributed by atoms with E-state index in [2.05, 4.69) is 10.6 Å². The third-order valence-electron chi connectivity index (χ3n) is 4.90. The smallest absolute Gasteiger partial charge is 0.341 e. The number of methoxy groups -OCH3 is 1. The second-order valence-corrected chi connectivity index (χ2v) is 8.03. The number of hydrogen-bond donors (Lipinski definition) is 2. The molecule has 0 aliphatic heterocycles. The maximum atomic E-state index is 12.8. The van der Waals surface area contributed by atoms with E-state index in [1.54, 1.807) is 19.1 Å². The van der Waals surface area contributed by atoms with E-state index in [0.717, 1.165) is 22.5 Å². The van der Waals surface area contributed by atoms with Crippen molar-refractivity contribution in [1.29, 1.82) is 0 Å². The fourth-order valence-electron chi connectivity index (χ4n) is 3.21. The lowest BCUT2D eigenvalue weighted by Crippen LogP contribution is -2.25. The van der Waals surface area contributed by atoms with Gasteiger partial charge in [0.2, 0.25) is 0 Å². The Bertz CT molecular complexity index is 1110. The van der Waals surface area contributed by atoms with Gasteiger partial charge >= 0.3 is 5.97 Å². The zero-order chi connectivity index (χ0) is 22.4. The Morgan fingerprint density at radius 3 is 2.29 bits per heavy atom. The predicted molar refractivity (Wildman–Crippen MR) is 122 cm³/mol. The summed E-state index contributed by atoms with van der Waals surface area (Å²) >= 11 is 1.07. The summed E-state index contributed by atoms with van der Waals surface area (Å²) in [7, 11) is 1.27. The number of aryl methyl sites for hydroxylation is 1. The Kier molecular flexibility index (Phi) is 7.20. The summed E-state index contributed by atoms with van der Waals surface area (Å²) in [5.41, 5.74) is 3.11. The quantitative estimate of drug-likeness (QED) is 0.539. The molecule has 0 spiro atoms. The van der Waals surface area contributed by atoms with Crippen LogP contribution >= 0.6 is 11.3 Å². The molecule has 0 aliphatic rings. The lowest BCUT2D eigenvalue weighted by atomic mass is 10.1. The molecule has 2 amide bonds. The number of ether oxygens (including phenoxy) is 1. The van der Waals surface area contributed by atoms with Gasteiger partial charge in [-0.05, 0) is 43.0 Å². The lowest BCUT2D eigenvalue weighted by molar-refractivity contribution is 0.0601. The summed E-state index contributed by atoms with van der Waals surface area (Å²) in [4.78, 5) is 38.3. The van der Waals surface area contributed by atoms with Crippen LogP contribution in [0.4, 0.5) is 5.00 Å². The van der Waals surface area contributed by atoms with Crippen LogP contribution < -0.4 is 10.6 Å². The van der Waals surface area contributed by atoms with E-state index >= 15 is 0 Å². The molecule has 1 aromatic heterocycles. The van der Waals surface area contributed by atoms with Crippen LogP contribution in [0.3, 0.4) is 0 Å². The highest BCUT2D eigenvalue weighted by Crippen LogP contribution is 2.34. The number of amides is 2. The van der Waals surface area contributed by atoms with Crippen molar-refractivity contribution in [2.45, 2.75) is 20.3 Å². The zero-order valence-corrected chi connectivity index (χ0v) is 18.5. The minimum absolute atomic E-state index is 0.197. The predicted octanol–water partition coefficient (Wildman–Crippen LogP) is 4.38. The van der Waals surface area contributed by atoms with E-state index in [9.17, 15) is 14.4 Å². The molecule has 3 rings (SSSR count). The largest absolute Gasteiger partial charge is 0.465 e. The number of benzene rings is 2. The van der Waals surface area contributed by atoms with Crippen molar-refractivity contribution < 1.29 is 19.1 Å². The molecule has 0 saturated heterocycles. The number of nitrogens with one attached hydrogen (secondary N) is 2. The van der Waals surface area contributed by atoms with E-state index in [4.69, 9.17) is 4.74 Å². The third-order valence-corrected chi connectivity index (χ3v) is 6.11. The number of anilines is 1. The molecular weight excluding hydrogens is 412 g/mol. The molecule has 1 heterocycles. The molecule has 0 bridgehead atoms. The van der Waals surface area contributed by atoms with Crippen molar-refractivity contribution >= 4 is 34.1 Å². The number of carbonyl (C=O) groups excluding carboxylic acids is 3. The molecule has 7 heteroatoms. The van der Waals surface area contributed by atoms with Gasteiger partial charge < -0.3 is 15.4 Å². The van der Waals surface area contributed by atoms with Crippen molar-refractivity contribution in [3.63, 3.8) is 0 Å². The van der Waals surface area contributed by atoms with E-state index in [-0.39, 0.29) is 17.4 Å². The van der Waals surface area contributed by atoms with Crippen molar-refractivity contribution in [3.05, 3.63) is 87.3 Å². The number of hydrogen-bond acceptors (Lipinski definition) is 5. The van der Waals surface area contributed by atoms with Crippen LogP contribution in [0.25, 0.3) is 0 Å². The van der Waals surface area contributed by atoms with Gasteiger partial charge in [0.25, 0.3) is 11.8 Å². The molecule has 0 atom stereocenters. The van der Waals surface area contributed by atoms with Crippen LogP contribution in [0.2, 0.25) is 0 Å². The Labute approximate surface area is 185 Å². The van der Waals surface area contributed by atoms with E-state index in [0.29, 0.717) is 34.0 Å². The SMILES string of the molecule is COC(=O)c1c(NC(=O)c2ccccc2C)sc(C(=O)NCCc2ccccc2)c1C. The van der Waals surface area contributed by atoms with Crippen molar-refractivity contribution in [3.8, 4) is 0 Å². The maximum Gasteiger partial charge on any atom is 0.341 e. The van der Waals surface area contributed by atoms with Gasteiger partial charge in [0.1, 0.15) is 5.00 Å². The summed E-state index contributed by atoms with van der Waals surface area (Å²) in [5, 5.41) is 5.96. The zero-order valence-electron chi connectivity index (χ0n) is 17.7. The molecule has 0 fully saturated rings. The normalized spacial score (nSPS) is 10.4. The highest BCUT2D eigenvalue weighted by molar-refractivity contribution is 7.18. The topological polar surface area (TPSA) is 84.5 Å². The van der Waals surface area contributed by atoms with Gasteiger partial charge in [-0.2, -0.15) is 0 Å².